The number of benzene rings is 1. The van der Waals surface area contributed by atoms with Crippen molar-refractivity contribution in [3.63, 3.8) is 0 Å². The fourth-order valence-electron chi connectivity index (χ4n) is 2.48. The Labute approximate surface area is 124 Å². The summed E-state index contributed by atoms with van der Waals surface area (Å²) in [5.41, 5.74) is 2.24. The van der Waals surface area contributed by atoms with E-state index in [1.807, 2.05) is 17.0 Å². The number of halogens is 4. The molecule has 0 radical (unpaired) electrons. The van der Waals surface area contributed by atoms with Crippen LogP contribution >= 0.6 is 15.9 Å². The van der Waals surface area contributed by atoms with Crippen LogP contribution in [-0.4, -0.2) is 19.3 Å². The summed E-state index contributed by atoms with van der Waals surface area (Å²) < 4.78 is 37.9. The lowest BCUT2D eigenvalue weighted by atomic mass is 9.95. The smallest absolute Gasteiger partial charge is 0.370 e. The summed E-state index contributed by atoms with van der Waals surface area (Å²) in [4.78, 5) is 1.87. The number of anilines is 1. The quantitative estimate of drug-likeness (QED) is 0.749. The molecule has 2 rings (SSSR count). The van der Waals surface area contributed by atoms with E-state index in [4.69, 9.17) is 0 Å². The van der Waals surface area contributed by atoms with E-state index in [9.17, 15) is 18.4 Å². The van der Waals surface area contributed by atoms with Crippen LogP contribution < -0.4 is 4.90 Å². The van der Waals surface area contributed by atoms with Gasteiger partial charge < -0.3 is 4.90 Å². The van der Waals surface area contributed by atoms with Crippen LogP contribution in [0.1, 0.15) is 24.0 Å². The number of nitriles is 1. The molecule has 1 fully saturated rings. The molecule has 2 nitrogen and oxygen atoms in total. The van der Waals surface area contributed by atoms with Crippen LogP contribution in [0.5, 0.6) is 0 Å². The van der Waals surface area contributed by atoms with E-state index in [0.29, 0.717) is 24.0 Å². The monoisotopic (exact) mass is 346 g/mol. The topological polar surface area (TPSA) is 27.0 Å². The minimum absolute atomic E-state index is 0.0918. The predicted molar refractivity (Wildman–Crippen MR) is 74.8 cm³/mol. The Hall–Kier alpha value is -1.22. The van der Waals surface area contributed by atoms with E-state index in [1.165, 1.54) is 0 Å². The zero-order valence-electron chi connectivity index (χ0n) is 10.8. The van der Waals surface area contributed by atoms with Gasteiger partial charge in [-0.1, -0.05) is 22.0 Å². The average molecular weight is 347 g/mol. The zero-order chi connectivity index (χ0) is 14.8. The molecule has 0 amide bonds. The van der Waals surface area contributed by atoms with Gasteiger partial charge in [0, 0.05) is 18.4 Å². The van der Waals surface area contributed by atoms with Crippen molar-refractivity contribution in [1.82, 2.24) is 0 Å². The second-order valence-electron chi connectivity index (χ2n) is 4.90. The molecule has 20 heavy (non-hydrogen) atoms. The summed E-state index contributed by atoms with van der Waals surface area (Å²) in [5, 5.41) is 9.83. The van der Waals surface area contributed by atoms with Gasteiger partial charge in [0.25, 0.3) is 0 Å². The Morgan fingerprint density at radius 1 is 1.30 bits per heavy atom. The molecular formula is C14H14BrF3N2. The third kappa shape index (κ3) is 3.26. The van der Waals surface area contributed by atoms with Crippen LogP contribution in [-0.2, 0) is 5.33 Å². The molecule has 1 aliphatic rings. The molecule has 1 heterocycles. The fourth-order valence-corrected chi connectivity index (χ4v) is 2.83. The molecule has 0 bridgehead atoms. The summed E-state index contributed by atoms with van der Waals surface area (Å²) in [6, 6.07) is 7.61. The average Bonchev–Trinajstić information content (AvgIpc) is 2.45. The first-order valence-electron chi connectivity index (χ1n) is 6.36. The number of nitrogens with zero attached hydrogens (tertiary/aromatic N) is 2. The highest BCUT2D eigenvalue weighted by molar-refractivity contribution is 9.08. The summed E-state index contributed by atoms with van der Waals surface area (Å²) in [6.07, 6.45) is -3.92. The largest absolute Gasteiger partial charge is 0.391 e. The molecule has 0 spiro atoms. The van der Waals surface area contributed by atoms with Crippen LogP contribution in [0.3, 0.4) is 0 Å². The van der Waals surface area contributed by atoms with Crippen molar-refractivity contribution < 1.29 is 13.2 Å². The van der Waals surface area contributed by atoms with Gasteiger partial charge in [-0.2, -0.15) is 18.4 Å². The molecule has 0 aromatic heterocycles. The molecule has 108 valence electrons. The van der Waals surface area contributed by atoms with Gasteiger partial charge in [-0.15, -0.1) is 0 Å². The molecule has 0 aliphatic carbocycles. The second-order valence-corrected chi connectivity index (χ2v) is 5.46. The van der Waals surface area contributed by atoms with Gasteiger partial charge in [0.05, 0.1) is 17.2 Å². The highest BCUT2D eigenvalue weighted by atomic mass is 79.9. The van der Waals surface area contributed by atoms with Crippen molar-refractivity contribution in [2.24, 2.45) is 5.92 Å². The minimum atomic E-state index is -4.11. The van der Waals surface area contributed by atoms with E-state index in [1.54, 1.807) is 6.07 Å². The van der Waals surface area contributed by atoms with E-state index < -0.39 is 12.1 Å². The Kier molecular flexibility index (Phi) is 4.59. The van der Waals surface area contributed by atoms with Gasteiger partial charge in [0.2, 0.25) is 0 Å². The SMILES string of the molecule is N#Cc1cc(CBr)ccc1N1CCC(C(F)(F)F)CC1. The van der Waals surface area contributed by atoms with Gasteiger partial charge in [0.1, 0.15) is 6.07 Å². The van der Waals surface area contributed by atoms with Crippen molar-refractivity contribution in [3.05, 3.63) is 29.3 Å². The molecule has 1 aliphatic heterocycles. The van der Waals surface area contributed by atoms with Gasteiger partial charge >= 0.3 is 6.18 Å². The Balaban J connectivity index is 2.13. The minimum Gasteiger partial charge on any atom is -0.370 e. The molecule has 0 atom stereocenters. The van der Waals surface area contributed by atoms with Crippen molar-refractivity contribution in [2.45, 2.75) is 24.3 Å². The van der Waals surface area contributed by atoms with E-state index in [0.717, 1.165) is 11.3 Å². The molecular weight excluding hydrogens is 333 g/mol. The zero-order valence-corrected chi connectivity index (χ0v) is 12.3. The lowest BCUT2D eigenvalue weighted by Gasteiger charge is -2.34. The van der Waals surface area contributed by atoms with Crippen molar-refractivity contribution in [1.29, 1.82) is 5.26 Å². The molecule has 1 saturated heterocycles. The van der Waals surface area contributed by atoms with Crippen LogP contribution in [0.2, 0.25) is 0 Å². The lowest BCUT2D eigenvalue weighted by Crippen LogP contribution is -2.39. The number of hydrogen-bond acceptors (Lipinski definition) is 2. The summed E-state index contributed by atoms with van der Waals surface area (Å²) in [7, 11) is 0. The summed E-state index contributed by atoms with van der Waals surface area (Å²) >= 11 is 3.32. The first kappa shape index (κ1) is 15.2. The summed E-state index contributed by atoms with van der Waals surface area (Å²) in [6.45, 7) is 0.680. The third-order valence-electron chi connectivity index (χ3n) is 3.63. The van der Waals surface area contributed by atoms with E-state index in [2.05, 4.69) is 22.0 Å². The maximum atomic E-state index is 12.6. The molecule has 0 unspecified atom stereocenters. The molecule has 0 N–H and O–H groups in total. The number of rotatable bonds is 2. The second kappa shape index (κ2) is 6.04. The summed E-state index contributed by atoms with van der Waals surface area (Å²) in [5.74, 6) is -1.22. The highest BCUT2D eigenvalue weighted by Gasteiger charge is 2.41. The van der Waals surface area contributed by atoms with Gasteiger partial charge in [-0.05, 0) is 30.5 Å². The maximum Gasteiger partial charge on any atom is 0.391 e. The van der Waals surface area contributed by atoms with Gasteiger partial charge in [0.15, 0.2) is 0 Å². The first-order valence-corrected chi connectivity index (χ1v) is 7.48. The number of alkyl halides is 4. The molecule has 1 aromatic rings. The Morgan fingerprint density at radius 2 is 1.95 bits per heavy atom. The number of hydrogen-bond donors (Lipinski definition) is 0. The van der Waals surface area contributed by atoms with Gasteiger partial charge in [-0.3, -0.25) is 0 Å². The maximum absolute atomic E-state index is 12.6. The van der Waals surface area contributed by atoms with Crippen LogP contribution in [0.4, 0.5) is 18.9 Å². The lowest BCUT2D eigenvalue weighted by molar-refractivity contribution is -0.179. The Bertz CT molecular complexity index is 514. The fraction of sp³-hybridized carbons (Fsp3) is 0.500. The van der Waals surface area contributed by atoms with Crippen molar-refractivity contribution in [2.75, 3.05) is 18.0 Å². The normalized spacial score (nSPS) is 17.1. The molecule has 1 aromatic carbocycles. The van der Waals surface area contributed by atoms with Crippen LogP contribution in [0.15, 0.2) is 18.2 Å². The van der Waals surface area contributed by atoms with E-state index >= 15 is 0 Å². The standard InChI is InChI=1S/C14H14BrF3N2/c15-8-10-1-2-13(11(7-10)9-19)20-5-3-12(4-6-20)14(16,17)18/h1-2,7,12H,3-6,8H2. The highest BCUT2D eigenvalue weighted by Crippen LogP contribution is 2.36. The first-order chi connectivity index (χ1) is 9.45. The van der Waals surface area contributed by atoms with Gasteiger partial charge in [-0.25, -0.2) is 0 Å². The Morgan fingerprint density at radius 3 is 2.45 bits per heavy atom. The third-order valence-corrected chi connectivity index (χ3v) is 4.28. The van der Waals surface area contributed by atoms with Crippen molar-refractivity contribution in [3.8, 4) is 6.07 Å². The van der Waals surface area contributed by atoms with Crippen LogP contribution in [0, 0.1) is 17.2 Å². The van der Waals surface area contributed by atoms with E-state index in [-0.39, 0.29) is 12.8 Å². The number of piperidine rings is 1. The van der Waals surface area contributed by atoms with Crippen molar-refractivity contribution >= 4 is 21.6 Å². The predicted octanol–water partition coefficient (Wildman–Crippen LogP) is 4.23. The van der Waals surface area contributed by atoms with Crippen LogP contribution in [0.25, 0.3) is 0 Å². The molecule has 6 heteroatoms. The molecule has 0 saturated carbocycles.